The molecule has 3 aromatic rings. The predicted molar refractivity (Wildman–Crippen MR) is 131 cm³/mol. The molecule has 8 nitrogen and oxygen atoms in total. The molecule has 0 saturated carbocycles. The summed E-state index contributed by atoms with van der Waals surface area (Å²) < 4.78 is 27.9. The number of nitrogens with zero attached hydrogens (tertiary/aromatic N) is 5. The van der Waals surface area contributed by atoms with Gasteiger partial charge in [0.25, 0.3) is 0 Å². The highest BCUT2D eigenvalue weighted by Gasteiger charge is 2.34. The highest BCUT2D eigenvalue weighted by Crippen LogP contribution is 2.27. The number of sulfonamides is 1. The second-order valence-electron chi connectivity index (χ2n) is 8.71. The summed E-state index contributed by atoms with van der Waals surface area (Å²) in [4.78, 5) is 25.6. The van der Waals surface area contributed by atoms with Crippen molar-refractivity contribution < 1.29 is 13.2 Å². The number of piperidine rings is 1. The van der Waals surface area contributed by atoms with Crippen molar-refractivity contribution in [2.75, 3.05) is 44.2 Å². The van der Waals surface area contributed by atoms with Gasteiger partial charge in [-0.25, -0.2) is 18.4 Å². The largest absolute Gasteiger partial charge is 0.356 e. The molecule has 0 aliphatic carbocycles. The number of carbonyl (C=O) groups excluding carboxylic acids is 1. The third-order valence-electron chi connectivity index (χ3n) is 6.70. The van der Waals surface area contributed by atoms with Crippen LogP contribution >= 0.6 is 11.6 Å². The predicted octanol–water partition coefficient (Wildman–Crippen LogP) is 3.03. The van der Waals surface area contributed by atoms with Gasteiger partial charge >= 0.3 is 0 Å². The molecule has 0 bridgehead atoms. The minimum Gasteiger partial charge on any atom is -0.356 e. The Morgan fingerprint density at radius 3 is 2.32 bits per heavy atom. The van der Waals surface area contributed by atoms with Crippen LogP contribution in [0.2, 0.25) is 5.02 Å². The number of hydrogen-bond donors (Lipinski definition) is 0. The van der Waals surface area contributed by atoms with Crippen molar-refractivity contribution in [3.05, 3.63) is 60.0 Å². The molecule has 5 rings (SSSR count). The number of amides is 1. The van der Waals surface area contributed by atoms with Crippen LogP contribution in [0.25, 0.3) is 10.8 Å². The van der Waals surface area contributed by atoms with Crippen LogP contribution in [0.5, 0.6) is 0 Å². The summed E-state index contributed by atoms with van der Waals surface area (Å²) in [6.07, 6.45) is 4.79. The van der Waals surface area contributed by atoms with E-state index in [1.165, 1.54) is 10.6 Å². The molecular weight excluding hydrogens is 474 g/mol. The number of benzene rings is 2. The molecule has 0 radical (unpaired) electrons. The van der Waals surface area contributed by atoms with E-state index in [0.717, 1.165) is 42.5 Å². The molecule has 1 aromatic heterocycles. The monoisotopic (exact) mass is 499 g/mol. The summed E-state index contributed by atoms with van der Waals surface area (Å²) in [6.45, 7) is 2.96. The van der Waals surface area contributed by atoms with Gasteiger partial charge in [0.15, 0.2) is 0 Å². The first-order chi connectivity index (χ1) is 16.4. The lowest BCUT2D eigenvalue weighted by Crippen LogP contribution is -2.52. The zero-order valence-electron chi connectivity index (χ0n) is 18.7. The van der Waals surface area contributed by atoms with E-state index in [1.807, 2.05) is 23.1 Å². The molecule has 2 aliphatic heterocycles. The molecule has 178 valence electrons. The quantitative estimate of drug-likeness (QED) is 0.548. The smallest absolute Gasteiger partial charge is 0.243 e. The third-order valence-corrected chi connectivity index (χ3v) is 8.83. The van der Waals surface area contributed by atoms with Crippen LogP contribution in [0.1, 0.15) is 12.8 Å². The molecule has 2 aliphatic rings. The number of carbonyl (C=O) groups is 1. The molecule has 2 fully saturated rings. The van der Waals surface area contributed by atoms with Crippen molar-refractivity contribution in [2.24, 2.45) is 5.92 Å². The van der Waals surface area contributed by atoms with Crippen LogP contribution in [0.15, 0.2) is 59.9 Å². The number of rotatable bonds is 4. The Morgan fingerprint density at radius 2 is 1.62 bits per heavy atom. The Bertz CT molecular complexity index is 1290. The maximum atomic E-state index is 13.2. The van der Waals surface area contributed by atoms with Crippen molar-refractivity contribution in [3.63, 3.8) is 0 Å². The fraction of sp³-hybridized carbons (Fsp3) is 0.375. The van der Waals surface area contributed by atoms with E-state index in [4.69, 9.17) is 11.6 Å². The number of anilines is 1. The molecule has 0 spiro atoms. The minimum atomic E-state index is -3.63. The lowest BCUT2D eigenvalue weighted by Gasteiger charge is -2.38. The van der Waals surface area contributed by atoms with Crippen LogP contribution in [0.4, 0.5) is 5.82 Å². The van der Waals surface area contributed by atoms with Crippen molar-refractivity contribution in [2.45, 2.75) is 17.7 Å². The summed E-state index contributed by atoms with van der Waals surface area (Å²) in [5, 5.41) is 2.34. The van der Waals surface area contributed by atoms with Crippen LogP contribution in [-0.4, -0.2) is 72.8 Å². The Morgan fingerprint density at radius 1 is 0.912 bits per heavy atom. The van der Waals surface area contributed by atoms with Gasteiger partial charge in [-0.3, -0.25) is 4.79 Å². The first kappa shape index (κ1) is 23.0. The van der Waals surface area contributed by atoms with Crippen LogP contribution < -0.4 is 4.90 Å². The first-order valence-corrected chi connectivity index (χ1v) is 13.2. The third kappa shape index (κ3) is 4.60. The van der Waals surface area contributed by atoms with Gasteiger partial charge in [0.05, 0.1) is 4.90 Å². The first-order valence-electron chi connectivity index (χ1n) is 11.4. The number of piperazine rings is 1. The topological polar surface area (TPSA) is 86.7 Å². The normalized spacial score (nSPS) is 18.4. The van der Waals surface area contributed by atoms with Crippen molar-refractivity contribution in [1.29, 1.82) is 0 Å². The molecule has 34 heavy (non-hydrogen) atoms. The lowest BCUT2D eigenvalue weighted by atomic mass is 9.95. The second kappa shape index (κ2) is 9.48. The Hall–Kier alpha value is -2.75. The van der Waals surface area contributed by atoms with E-state index in [9.17, 15) is 13.2 Å². The van der Waals surface area contributed by atoms with Crippen molar-refractivity contribution in [3.8, 4) is 0 Å². The fourth-order valence-corrected chi connectivity index (χ4v) is 6.38. The molecule has 2 aromatic carbocycles. The Kier molecular flexibility index (Phi) is 6.42. The lowest BCUT2D eigenvalue weighted by molar-refractivity contribution is -0.137. The molecular formula is C24H26ClN5O3S. The summed E-state index contributed by atoms with van der Waals surface area (Å²) in [5.41, 5.74) is 0. The molecule has 3 heterocycles. The van der Waals surface area contributed by atoms with Gasteiger partial charge in [0.1, 0.15) is 12.1 Å². The van der Waals surface area contributed by atoms with Crippen molar-refractivity contribution in [1.82, 2.24) is 19.2 Å². The summed E-state index contributed by atoms with van der Waals surface area (Å²) in [7, 11) is -3.63. The molecule has 10 heteroatoms. The van der Waals surface area contributed by atoms with E-state index in [2.05, 4.69) is 14.9 Å². The van der Waals surface area contributed by atoms with E-state index < -0.39 is 10.0 Å². The van der Waals surface area contributed by atoms with Gasteiger partial charge in [-0.2, -0.15) is 4.31 Å². The SMILES string of the molecule is O=C(C1CCN(c2ccncn2)CC1)N1CCN(S(=O)(=O)c2ccc3cc(Cl)ccc3c2)CC1. The Balaban J connectivity index is 1.19. The van der Waals surface area contributed by atoms with E-state index >= 15 is 0 Å². The number of fused-ring (bicyclic) bond motifs is 1. The zero-order chi connectivity index (χ0) is 23.7. The minimum absolute atomic E-state index is 0.0337. The van der Waals surface area contributed by atoms with Gasteiger partial charge in [-0.15, -0.1) is 0 Å². The summed E-state index contributed by atoms with van der Waals surface area (Å²) in [5.74, 6) is 0.979. The fourth-order valence-electron chi connectivity index (χ4n) is 4.74. The van der Waals surface area contributed by atoms with E-state index in [-0.39, 0.29) is 16.7 Å². The molecule has 0 N–H and O–H groups in total. The van der Waals surface area contributed by atoms with Gasteiger partial charge < -0.3 is 9.80 Å². The number of aromatic nitrogens is 2. The summed E-state index contributed by atoms with van der Waals surface area (Å²) in [6, 6.07) is 12.4. The molecule has 0 unspecified atom stereocenters. The Labute approximate surface area is 204 Å². The summed E-state index contributed by atoms with van der Waals surface area (Å²) >= 11 is 6.03. The average molecular weight is 500 g/mol. The standard InChI is InChI=1S/C24H26ClN5O3S/c25-21-3-1-20-16-22(4-2-19(20)15-21)34(32,33)30-13-11-29(12-14-30)24(31)18-6-9-28(10-7-18)23-5-8-26-17-27-23/h1-5,8,15-18H,6-7,9-14H2. The second-order valence-corrected chi connectivity index (χ2v) is 11.1. The number of halogens is 1. The van der Waals surface area contributed by atoms with Gasteiger partial charge in [-0.05, 0) is 53.9 Å². The van der Waals surface area contributed by atoms with E-state index in [1.54, 1.807) is 30.5 Å². The molecule has 0 atom stereocenters. The molecule has 2 saturated heterocycles. The highest BCUT2D eigenvalue weighted by atomic mass is 35.5. The van der Waals surface area contributed by atoms with Crippen molar-refractivity contribution >= 4 is 44.1 Å². The zero-order valence-corrected chi connectivity index (χ0v) is 20.2. The maximum Gasteiger partial charge on any atom is 0.243 e. The van der Waals surface area contributed by atoms with Gasteiger partial charge in [0.2, 0.25) is 15.9 Å². The molecule has 1 amide bonds. The average Bonchev–Trinajstić information content (AvgIpc) is 2.88. The van der Waals surface area contributed by atoms with Crippen LogP contribution in [-0.2, 0) is 14.8 Å². The van der Waals surface area contributed by atoms with Crippen LogP contribution in [0, 0.1) is 5.92 Å². The maximum absolute atomic E-state index is 13.2. The highest BCUT2D eigenvalue weighted by molar-refractivity contribution is 7.89. The number of hydrogen-bond acceptors (Lipinski definition) is 6. The van der Waals surface area contributed by atoms with E-state index in [0.29, 0.717) is 31.2 Å². The van der Waals surface area contributed by atoms with Crippen LogP contribution in [0.3, 0.4) is 0 Å². The van der Waals surface area contributed by atoms with Gasteiger partial charge in [0, 0.05) is 56.4 Å². The van der Waals surface area contributed by atoms with Gasteiger partial charge in [-0.1, -0.05) is 23.7 Å².